The van der Waals surface area contributed by atoms with Gasteiger partial charge in [0.25, 0.3) is 0 Å². The van der Waals surface area contributed by atoms with Gasteiger partial charge in [0.1, 0.15) is 0 Å². The molecule has 1 heterocycles. The van der Waals surface area contributed by atoms with Crippen LogP contribution in [0.1, 0.15) is 5.69 Å². The Bertz CT molecular complexity index is 242. The zero-order valence-electron chi connectivity index (χ0n) is 7.86. The van der Waals surface area contributed by atoms with Crippen molar-refractivity contribution in [2.75, 3.05) is 0 Å². The number of imidazole rings is 1. The van der Waals surface area contributed by atoms with Crippen LogP contribution in [0.5, 0.6) is 0 Å². The van der Waals surface area contributed by atoms with Gasteiger partial charge in [-0.1, -0.05) is 0 Å². The summed E-state index contributed by atoms with van der Waals surface area (Å²) in [5, 5.41) is 6.63. The van der Waals surface area contributed by atoms with Gasteiger partial charge in [-0.3, -0.25) is 0 Å². The second-order valence-corrected chi connectivity index (χ2v) is 2.20. The van der Waals surface area contributed by atoms with E-state index < -0.39 is 12.0 Å². The van der Waals surface area contributed by atoms with Gasteiger partial charge in [0.15, 0.2) is 0 Å². The van der Waals surface area contributed by atoms with E-state index in [1.54, 1.807) is 6.20 Å². The van der Waals surface area contributed by atoms with Crippen molar-refractivity contribution in [1.29, 1.82) is 0 Å². The van der Waals surface area contributed by atoms with Gasteiger partial charge in [0, 0.05) is 22.7 Å². The third-order valence-electron chi connectivity index (χ3n) is 1.30. The van der Waals surface area contributed by atoms with Gasteiger partial charge < -0.3 is 34.3 Å². The summed E-state index contributed by atoms with van der Waals surface area (Å²) in [5.74, 6) is -0.861. The average Bonchev–Trinajstić information content (AvgIpc) is 2.39. The van der Waals surface area contributed by atoms with Gasteiger partial charge in [0.05, 0.1) is 6.33 Å². The number of aromatic amines is 1. The number of rotatable bonds is 3. The third-order valence-corrected chi connectivity index (χ3v) is 1.30. The fraction of sp³-hybridized carbons (Fsp3) is 0.333. The van der Waals surface area contributed by atoms with Gasteiger partial charge >= 0.3 is 22.7 Å². The fourth-order valence-corrected chi connectivity index (χ4v) is 0.709. The molecule has 1 aromatic heterocycles. The van der Waals surface area contributed by atoms with Crippen molar-refractivity contribution in [2.45, 2.75) is 12.5 Å². The number of H-pyrrole nitrogens is 1. The van der Waals surface area contributed by atoms with E-state index in [-0.39, 0.29) is 41.7 Å². The summed E-state index contributed by atoms with van der Waals surface area (Å²) in [6, 6.07) is -0.990. The van der Waals surface area contributed by atoms with E-state index in [0.717, 1.165) is 0 Å². The first kappa shape index (κ1) is 23.7. The normalized spacial score (nSPS) is 9.40. The zero-order valence-corrected chi connectivity index (χ0v) is 8.90. The summed E-state index contributed by atoms with van der Waals surface area (Å²) >= 11 is 0. The third kappa shape index (κ3) is 8.05. The van der Waals surface area contributed by atoms with Crippen LogP contribution in [0.3, 0.4) is 0 Å². The fourth-order valence-electron chi connectivity index (χ4n) is 0.709. The molecule has 0 aliphatic heterocycles. The molecule has 8 nitrogen and oxygen atoms in total. The molecular formula is C6H15CoN6O2. The first-order valence-electron chi connectivity index (χ1n) is 3.14. The molecule has 1 aromatic rings. The number of aromatic nitrogens is 2. The van der Waals surface area contributed by atoms with Crippen molar-refractivity contribution in [3.63, 3.8) is 0 Å². The Morgan fingerprint density at radius 3 is 2.40 bits per heavy atom. The van der Waals surface area contributed by atoms with E-state index in [1.165, 1.54) is 6.33 Å². The molecule has 0 aliphatic carbocycles. The minimum atomic E-state index is -0.990. The van der Waals surface area contributed by atoms with E-state index in [4.69, 9.17) is 10.8 Å². The Balaban J connectivity index is -0.000000151. The van der Waals surface area contributed by atoms with Crippen LogP contribution in [0.15, 0.2) is 12.5 Å². The van der Waals surface area contributed by atoms with Gasteiger partial charge in [-0.15, -0.1) is 0 Å². The molecule has 0 radical (unpaired) electrons. The first-order chi connectivity index (χ1) is 5.20. The molecule has 1 rings (SSSR count). The molecular weight excluding hydrogens is 247 g/mol. The summed E-state index contributed by atoms with van der Waals surface area (Å²) in [6.45, 7) is 0. The second kappa shape index (κ2) is 11.1. The first-order valence-corrected chi connectivity index (χ1v) is 3.14. The van der Waals surface area contributed by atoms with Gasteiger partial charge in [-0.25, -0.2) is 4.98 Å². The summed E-state index contributed by atoms with van der Waals surface area (Å²) in [5.41, 5.74) is 7.83. The van der Waals surface area contributed by atoms with Crippen molar-refractivity contribution < 1.29 is 26.7 Å². The Kier molecular flexibility index (Phi) is 17.5. The van der Waals surface area contributed by atoms with E-state index in [1.807, 2.05) is 0 Å². The van der Waals surface area contributed by atoms with E-state index >= 15 is 0 Å². The summed E-state index contributed by atoms with van der Waals surface area (Å²) < 4.78 is 0. The van der Waals surface area contributed by atoms with Gasteiger partial charge in [-0.05, 0) is 6.42 Å². The SMILES string of the molecule is [Co+3].[NH-]C(Cc1cnc[nH]1)C(=O)[OH2+].[NH2-].[NH2-].[NH2-]. The number of nitrogens with zero attached hydrogens (tertiary/aromatic N) is 1. The van der Waals surface area contributed by atoms with Crippen LogP contribution in [0.4, 0.5) is 0 Å². The minimum Gasteiger partial charge on any atom is -0.693 e. The molecule has 15 heavy (non-hydrogen) atoms. The maximum absolute atomic E-state index is 10.3. The van der Waals surface area contributed by atoms with Gasteiger partial charge in [-0.2, -0.15) is 0 Å². The Morgan fingerprint density at radius 1 is 1.53 bits per heavy atom. The van der Waals surface area contributed by atoms with Crippen molar-refractivity contribution in [1.82, 2.24) is 9.97 Å². The van der Waals surface area contributed by atoms with Crippen molar-refractivity contribution in [3.8, 4) is 0 Å². The van der Waals surface area contributed by atoms with E-state index in [0.29, 0.717) is 5.69 Å². The van der Waals surface area contributed by atoms with Crippen molar-refractivity contribution >= 4 is 5.97 Å². The maximum atomic E-state index is 10.3. The Labute approximate surface area is 98.0 Å². The molecule has 10 N–H and O–H groups in total. The van der Waals surface area contributed by atoms with Crippen LogP contribution in [-0.4, -0.2) is 27.1 Å². The van der Waals surface area contributed by atoms with Crippen molar-refractivity contribution in [2.24, 2.45) is 0 Å². The molecule has 0 fully saturated rings. The number of hydrogen-bond acceptors (Lipinski definition) is 2. The molecule has 1 atom stereocenters. The van der Waals surface area contributed by atoms with Crippen LogP contribution in [0, 0.1) is 0 Å². The van der Waals surface area contributed by atoms with Crippen LogP contribution < -0.4 is 0 Å². The number of hydrogen-bond donors (Lipinski definition) is 1. The predicted molar refractivity (Wildman–Crippen MR) is 54.9 cm³/mol. The molecule has 0 saturated heterocycles. The van der Waals surface area contributed by atoms with E-state index in [9.17, 15) is 4.79 Å². The Morgan fingerprint density at radius 2 is 2.07 bits per heavy atom. The molecule has 1 unspecified atom stereocenters. The summed E-state index contributed by atoms with van der Waals surface area (Å²) in [4.78, 5) is 16.8. The molecule has 0 bridgehead atoms. The number of nitrogens with two attached hydrogens (primary N) is 3. The van der Waals surface area contributed by atoms with Crippen molar-refractivity contribution in [3.05, 3.63) is 42.4 Å². The van der Waals surface area contributed by atoms with Gasteiger partial charge in [0.2, 0.25) is 0 Å². The summed E-state index contributed by atoms with van der Waals surface area (Å²) in [7, 11) is 0. The largest absolute Gasteiger partial charge is 3.00 e. The topological polar surface area (TPSA) is 193 Å². The minimum absolute atomic E-state index is 0. The standard InChI is InChI=1S/C6H8N3O2.Co.3H2N/c7-5(6(10)11)1-4-2-8-3-9-4;;;;/h2-3,5,7H,1H2,(H,8,9)(H,10,11);;3*1H2/q-1;+3;3*-1/p+1. The molecule has 0 amide bonds. The number of nitrogens with one attached hydrogen (secondary N) is 2. The predicted octanol–water partition coefficient (Wildman–Crippen LogP) is 1.77. The maximum Gasteiger partial charge on any atom is 3.00 e. The molecule has 9 heteroatoms. The van der Waals surface area contributed by atoms with Crippen LogP contribution in [0.25, 0.3) is 24.2 Å². The second-order valence-electron chi connectivity index (χ2n) is 2.20. The van der Waals surface area contributed by atoms with Crippen LogP contribution in [0.2, 0.25) is 0 Å². The molecule has 0 saturated carbocycles. The molecule has 0 spiro atoms. The summed E-state index contributed by atoms with van der Waals surface area (Å²) in [6.07, 6.45) is 3.27. The quantitative estimate of drug-likeness (QED) is 0.811. The number of carbonyl (C=O) groups excluding carboxylic acids is 1. The van der Waals surface area contributed by atoms with Crippen LogP contribution in [-0.2, 0) is 28.0 Å². The zero-order chi connectivity index (χ0) is 8.27. The van der Waals surface area contributed by atoms with Crippen LogP contribution >= 0.6 is 0 Å². The smallest absolute Gasteiger partial charge is 0.693 e. The monoisotopic (exact) mass is 262 g/mol. The van der Waals surface area contributed by atoms with E-state index in [2.05, 4.69) is 9.97 Å². The molecule has 90 valence electrons. The molecule has 0 aliphatic rings. The Hall–Kier alpha value is -0.974. The average molecular weight is 262 g/mol. The molecule has 0 aromatic carbocycles. The number of carbonyl (C=O) groups is 1.